The molecule has 2 rings (SSSR count). The fourth-order valence-corrected chi connectivity index (χ4v) is 2.55. The number of urea groups is 1. The van der Waals surface area contributed by atoms with Crippen molar-refractivity contribution in [2.24, 2.45) is 0 Å². The second-order valence-corrected chi connectivity index (χ2v) is 5.76. The number of rotatable bonds is 5. The van der Waals surface area contributed by atoms with Gasteiger partial charge < -0.3 is 5.32 Å². The van der Waals surface area contributed by atoms with Crippen LogP contribution in [0.5, 0.6) is 0 Å². The zero-order valence-corrected chi connectivity index (χ0v) is 12.7. The van der Waals surface area contributed by atoms with Gasteiger partial charge in [-0.3, -0.25) is 5.32 Å². The number of anilines is 1. The first-order chi connectivity index (χ1) is 9.56. The Morgan fingerprint density at radius 3 is 2.90 bits per heavy atom. The van der Waals surface area contributed by atoms with Crippen LogP contribution < -0.4 is 10.6 Å². The number of carbonyl (C=O) groups excluding carboxylic acids is 1. The normalized spacial score (nSPS) is 10.8. The molecule has 0 saturated carbocycles. The van der Waals surface area contributed by atoms with E-state index in [0.717, 1.165) is 12.2 Å². The van der Waals surface area contributed by atoms with E-state index in [4.69, 9.17) is 0 Å². The van der Waals surface area contributed by atoms with Crippen molar-refractivity contribution in [1.29, 1.82) is 0 Å². The van der Waals surface area contributed by atoms with Crippen LogP contribution in [0.2, 0.25) is 0 Å². The predicted molar refractivity (Wildman–Crippen MR) is 80.2 cm³/mol. The van der Waals surface area contributed by atoms with Gasteiger partial charge in [0, 0.05) is 17.5 Å². The van der Waals surface area contributed by atoms with Crippen molar-refractivity contribution in [3.63, 3.8) is 0 Å². The van der Waals surface area contributed by atoms with Gasteiger partial charge in [0.2, 0.25) is 5.95 Å². The number of nitrogens with zero attached hydrogens (tertiary/aromatic N) is 3. The van der Waals surface area contributed by atoms with Crippen LogP contribution in [0.25, 0.3) is 0 Å². The number of nitrogens with one attached hydrogen (secondary N) is 2. The van der Waals surface area contributed by atoms with Crippen LogP contribution in [0.4, 0.5) is 10.7 Å². The molecule has 20 heavy (non-hydrogen) atoms. The summed E-state index contributed by atoms with van der Waals surface area (Å²) in [4.78, 5) is 17.2. The van der Waals surface area contributed by atoms with E-state index in [1.807, 2.05) is 32.2 Å². The van der Waals surface area contributed by atoms with E-state index in [1.54, 1.807) is 16.0 Å². The molecule has 0 atom stereocenters. The van der Waals surface area contributed by atoms with Crippen molar-refractivity contribution in [3.8, 4) is 0 Å². The third-order valence-electron chi connectivity index (χ3n) is 2.75. The number of hydrogen-bond acceptors (Lipinski definition) is 4. The summed E-state index contributed by atoms with van der Waals surface area (Å²) in [6.45, 7) is 6.50. The molecule has 0 aliphatic rings. The molecule has 0 unspecified atom stereocenters. The Balaban J connectivity index is 1.80. The van der Waals surface area contributed by atoms with Gasteiger partial charge in [-0.05, 0) is 38.6 Å². The molecule has 0 radical (unpaired) electrons. The van der Waals surface area contributed by atoms with Crippen molar-refractivity contribution in [2.45, 2.75) is 33.2 Å². The molecule has 0 aliphatic heterocycles. The summed E-state index contributed by atoms with van der Waals surface area (Å²) in [5.41, 5.74) is 0. The lowest BCUT2D eigenvalue weighted by Gasteiger charge is -2.05. The zero-order chi connectivity index (χ0) is 14.5. The van der Waals surface area contributed by atoms with Gasteiger partial charge in [-0.1, -0.05) is 6.07 Å². The molecule has 0 aliphatic carbocycles. The zero-order valence-electron chi connectivity index (χ0n) is 11.9. The number of amides is 2. The molecular weight excluding hydrogens is 274 g/mol. The molecular formula is C13H19N5OS. The Morgan fingerprint density at radius 1 is 1.50 bits per heavy atom. The van der Waals surface area contributed by atoms with Gasteiger partial charge in [-0.25, -0.2) is 9.48 Å². The van der Waals surface area contributed by atoms with Crippen molar-refractivity contribution in [1.82, 2.24) is 20.1 Å². The quantitative estimate of drug-likeness (QED) is 0.890. The summed E-state index contributed by atoms with van der Waals surface area (Å²) >= 11 is 1.69. The van der Waals surface area contributed by atoms with Crippen LogP contribution in [-0.4, -0.2) is 27.3 Å². The fraction of sp³-hybridized carbons (Fsp3) is 0.462. The number of thiophene rings is 1. The Kier molecular flexibility index (Phi) is 4.73. The van der Waals surface area contributed by atoms with Crippen LogP contribution in [-0.2, 0) is 6.42 Å². The summed E-state index contributed by atoms with van der Waals surface area (Å²) in [5.74, 6) is 1.12. The van der Waals surface area contributed by atoms with Crippen LogP contribution in [0.3, 0.4) is 0 Å². The number of aromatic nitrogens is 3. The van der Waals surface area contributed by atoms with Crippen molar-refractivity contribution < 1.29 is 4.79 Å². The van der Waals surface area contributed by atoms with Gasteiger partial charge in [0.05, 0.1) is 0 Å². The molecule has 0 bridgehead atoms. The summed E-state index contributed by atoms with van der Waals surface area (Å²) in [6.07, 6.45) is 0.831. The summed E-state index contributed by atoms with van der Waals surface area (Å²) in [7, 11) is 0. The maximum absolute atomic E-state index is 11.7. The number of carbonyl (C=O) groups is 1. The first-order valence-corrected chi connectivity index (χ1v) is 7.44. The van der Waals surface area contributed by atoms with Crippen molar-refractivity contribution >= 4 is 23.3 Å². The molecule has 108 valence electrons. The minimum atomic E-state index is -0.275. The van der Waals surface area contributed by atoms with Gasteiger partial charge in [-0.2, -0.15) is 4.98 Å². The topological polar surface area (TPSA) is 71.8 Å². The Morgan fingerprint density at radius 2 is 2.30 bits per heavy atom. The lowest BCUT2D eigenvalue weighted by atomic mass is 10.3. The van der Waals surface area contributed by atoms with Crippen molar-refractivity contribution in [2.75, 3.05) is 11.9 Å². The average Bonchev–Trinajstić information content (AvgIpc) is 2.99. The fourth-order valence-electron chi connectivity index (χ4n) is 1.84. The van der Waals surface area contributed by atoms with Gasteiger partial charge in [-0.15, -0.1) is 16.4 Å². The van der Waals surface area contributed by atoms with Gasteiger partial charge in [0.1, 0.15) is 5.82 Å². The van der Waals surface area contributed by atoms with E-state index in [0.29, 0.717) is 12.5 Å². The second kappa shape index (κ2) is 6.51. The van der Waals surface area contributed by atoms with E-state index in [1.165, 1.54) is 4.88 Å². The van der Waals surface area contributed by atoms with Crippen LogP contribution in [0, 0.1) is 6.92 Å². The van der Waals surface area contributed by atoms with Crippen LogP contribution in [0.15, 0.2) is 17.5 Å². The maximum atomic E-state index is 11.7. The molecule has 0 saturated heterocycles. The molecule has 0 fully saturated rings. The minimum Gasteiger partial charge on any atom is -0.337 e. The molecule has 6 nitrogen and oxygen atoms in total. The highest BCUT2D eigenvalue weighted by molar-refractivity contribution is 7.09. The first-order valence-electron chi connectivity index (χ1n) is 6.56. The second-order valence-electron chi connectivity index (χ2n) is 4.73. The van der Waals surface area contributed by atoms with Crippen LogP contribution in [0.1, 0.15) is 30.6 Å². The summed E-state index contributed by atoms with van der Waals surface area (Å²) in [5, 5.41) is 11.7. The smallest absolute Gasteiger partial charge is 0.321 e. The highest BCUT2D eigenvalue weighted by Crippen LogP contribution is 2.10. The van der Waals surface area contributed by atoms with E-state index >= 15 is 0 Å². The molecule has 2 N–H and O–H groups in total. The SMILES string of the molecule is Cc1nc(NC(=O)NCCc2cccs2)nn1C(C)C. The van der Waals surface area contributed by atoms with Gasteiger partial charge in [0.15, 0.2) is 0 Å². The molecule has 2 aromatic heterocycles. The van der Waals surface area contributed by atoms with Crippen LogP contribution >= 0.6 is 11.3 Å². The van der Waals surface area contributed by atoms with Crippen molar-refractivity contribution in [3.05, 3.63) is 28.2 Å². The van der Waals surface area contributed by atoms with E-state index in [9.17, 15) is 4.79 Å². The Bertz CT molecular complexity index is 561. The Labute approximate surface area is 122 Å². The molecule has 2 heterocycles. The third kappa shape index (κ3) is 3.80. The Hall–Kier alpha value is -1.89. The standard InChI is InChI=1S/C13H19N5OS/c1-9(2)18-10(3)15-12(17-18)16-13(19)14-7-6-11-5-4-8-20-11/h4-5,8-9H,6-7H2,1-3H3,(H2,14,16,17,19). The highest BCUT2D eigenvalue weighted by atomic mass is 32.1. The monoisotopic (exact) mass is 293 g/mol. The first kappa shape index (κ1) is 14.5. The summed E-state index contributed by atoms with van der Waals surface area (Å²) < 4.78 is 1.78. The van der Waals surface area contributed by atoms with Gasteiger partial charge in [0.25, 0.3) is 0 Å². The molecule has 2 aromatic rings. The highest BCUT2D eigenvalue weighted by Gasteiger charge is 2.10. The number of aryl methyl sites for hydroxylation is 1. The largest absolute Gasteiger partial charge is 0.337 e. The van der Waals surface area contributed by atoms with Gasteiger partial charge >= 0.3 is 6.03 Å². The lowest BCUT2D eigenvalue weighted by molar-refractivity contribution is 0.252. The van der Waals surface area contributed by atoms with E-state index in [2.05, 4.69) is 26.8 Å². The number of hydrogen-bond donors (Lipinski definition) is 2. The minimum absolute atomic E-state index is 0.222. The summed E-state index contributed by atoms with van der Waals surface area (Å²) in [6, 6.07) is 4.01. The van der Waals surface area contributed by atoms with E-state index < -0.39 is 0 Å². The molecule has 0 spiro atoms. The third-order valence-corrected chi connectivity index (χ3v) is 3.69. The molecule has 0 aromatic carbocycles. The van der Waals surface area contributed by atoms with E-state index in [-0.39, 0.29) is 12.1 Å². The average molecular weight is 293 g/mol. The predicted octanol–water partition coefficient (Wildman–Crippen LogP) is 2.59. The molecule has 2 amide bonds. The molecule has 7 heteroatoms. The lowest BCUT2D eigenvalue weighted by Crippen LogP contribution is -2.30. The maximum Gasteiger partial charge on any atom is 0.321 e.